The average Bonchev–Trinajstić information content (AvgIpc) is 3.31. The molecule has 7 rings (SSSR count). The van der Waals surface area contributed by atoms with Gasteiger partial charge in [0.1, 0.15) is 5.82 Å². The molecule has 0 spiro atoms. The van der Waals surface area contributed by atoms with Gasteiger partial charge in [0.25, 0.3) is 0 Å². The first kappa shape index (κ1) is 32.0. The molecule has 0 radical (unpaired) electrons. The highest BCUT2D eigenvalue weighted by Gasteiger charge is 2.34. The van der Waals surface area contributed by atoms with E-state index in [0.29, 0.717) is 12.2 Å². The number of carbonyl (C=O) groups excluding carboxylic acids is 1. The third-order valence-corrected chi connectivity index (χ3v) is 7.95. The van der Waals surface area contributed by atoms with E-state index in [0.717, 1.165) is 75.9 Å². The number of hydrogen-bond donors (Lipinski definition) is 2. The number of halogens is 3. The molecular weight excluding hydrogens is 605 g/mol. The van der Waals surface area contributed by atoms with Crippen molar-refractivity contribution < 1.29 is 9.53 Å². The lowest BCUT2D eigenvalue weighted by Gasteiger charge is -2.38. The fourth-order valence-corrected chi connectivity index (χ4v) is 5.71. The van der Waals surface area contributed by atoms with Crippen molar-refractivity contribution in [3.63, 3.8) is 0 Å². The maximum atomic E-state index is 12.6. The SMILES string of the molecule is CCOC(=O)c1cccc(-c2nc3n(c2-c2ccc(C4(N)CCC4)cc2)-c2cccnc2Nc2ccccc2-3)c1.Cl.Cl.Cl. The number of pyridine rings is 1. The number of ether oxygens (including phenoxy) is 1. The highest BCUT2D eigenvalue weighted by molar-refractivity contribution is 5.94. The summed E-state index contributed by atoms with van der Waals surface area (Å²) >= 11 is 0. The number of anilines is 2. The minimum atomic E-state index is -0.353. The molecule has 3 aromatic carbocycles. The van der Waals surface area contributed by atoms with Gasteiger partial charge in [-0.05, 0) is 68.1 Å². The van der Waals surface area contributed by atoms with Crippen molar-refractivity contribution in [3.8, 4) is 39.6 Å². The average molecular weight is 637 g/mol. The molecule has 0 bridgehead atoms. The van der Waals surface area contributed by atoms with Crippen molar-refractivity contribution in [3.05, 3.63) is 102 Å². The van der Waals surface area contributed by atoms with Crippen LogP contribution in [0.25, 0.3) is 39.6 Å². The van der Waals surface area contributed by atoms with Crippen molar-refractivity contribution >= 4 is 54.7 Å². The van der Waals surface area contributed by atoms with Crippen LogP contribution >= 0.6 is 37.2 Å². The lowest BCUT2D eigenvalue weighted by atomic mass is 9.72. The number of para-hydroxylation sites is 1. The number of carbonyl (C=O) groups is 1. The standard InChI is InChI=1S/C33H29N5O2.3ClH/c1-2-40-32(39)23-9-5-8-22(20-23)28-29(21-13-15-24(16-14-21)33(34)17-7-18-33)38-27-12-6-19-35-30(27)36-26-11-4-3-10-25(26)31(38)37-28;;;/h3-6,8-16,19-20H,2,7,17-18,34H2,1H3,(H,35,36);3*1H. The van der Waals surface area contributed by atoms with E-state index < -0.39 is 0 Å². The Bertz CT molecular complexity index is 1770. The van der Waals surface area contributed by atoms with Crippen LogP contribution in [0.15, 0.2) is 91.1 Å². The summed E-state index contributed by atoms with van der Waals surface area (Å²) in [4.78, 5) is 22.6. The van der Waals surface area contributed by atoms with E-state index in [9.17, 15) is 4.79 Å². The number of hydrogen-bond acceptors (Lipinski definition) is 6. The molecule has 1 aliphatic carbocycles. The summed E-state index contributed by atoms with van der Waals surface area (Å²) in [5.74, 6) is 1.18. The summed E-state index contributed by atoms with van der Waals surface area (Å²) in [5.41, 5.74) is 14.3. The van der Waals surface area contributed by atoms with Gasteiger partial charge in [-0.2, -0.15) is 0 Å². The highest BCUT2D eigenvalue weighted by Crippen LogP contribution is 2.45. The Morgan fingerprint density at radius 2 is 1.72 bits per heavy atom. The Hall–Kier alpha value is -3.88. The van der Waals surface area contributed by atoms with Crippen LogP contribution in [0.2, 0.25) is 0 Å². The number of nitrogens with zero attached hydrogens (tertiary/aromatic N) is 3. The van der Waals surface area contributed by atoms with Crippen LogP contribution < -0.4 is 11.1 Å². The normalized spacial score (nSPS) is 13.5. The van der Waals surface area contributed by atoms with Crippen LogP contribution in [0.3, 0.4) is 0 Å². The summed E-state index contributed by atoms with van der Waals surface area (Å²) < 4.78 is 7.46. The molecule has 3 heterocycles. The van der Waals surface area contributed by atoms with E-state index in [2.05, 4.69) is 45.2 Å². The number of benzene rings is 3. The van der Waals surface area contributed by atoms with E-state index in [4.69, 9.17) is 15.5 Å². The lowest BCUT2D eigenvalue weighted by molar-refractivity contribution is 0.0526. The highest BCUT2D eigenvalue weighted by atomic mass is 35.5. The first-order chi connectivity index (χ1) is 19.6. The summed E-state index contributed by atoms with van der Waals surface area (Å²) in [5, 5.41) is 3.51. The Balaban J connectivity index is 0.00000141. The number of rotatable bonds is 5. The fourth-order valence-electron chi connectivity index (χ4n) is 5.71. The Kier molecular flexibility index (Phi) is 9.52. The predicted molar refractivity (Wildman–Crippen MR) is 178 cm³/mol. The van der Waals surface area contributed by atoms with Gasteiger partial charge in [0.2, 0.25) is 0 Å². The summed E-state index contributed by atoms with van der Waals surface area (Å²) in [7, 11) is 0. The van der Waals surface area contributed by atoms with Crippen LogP contribution in [-0.2, 0) is 10.3 Å². The molecule has 1 aliphatic heterocycles. The number of nitrogens with two attached hydrogens (primary N) is 1. The number of esters is 1. The van der Waals surface area contributed by atoms with Crippen LogP contribution in [-0.4, -0.2) is 27.1 Å². The molecule has 0 atom stereocenters. The Labute approximate surface area is 269 Å². The quantitative estimate of drug-likeness (QED) is 0.186. The molecule has 1 fully saturated rings. The van der Waals surface area contributed by atoms with Gasteiger partial charge in [0.05, 0.1) is 34.9 Å². The maximum Gasteiger partial charge on any atom is 0.338 e. The van der Waals surface area contributed by atoms with Gasteiger partial charge >= 0.3 is 5.97 Å². The second-order valence-corrected chi connectivity index (χ2v) is 10.4. The van der Waals surface area contributed by atoms with Crippen LogP contribution in [0.5, 0.6) is 0 Å². The van der Waals surface area contributed by atoms with Gasteiger partial charge in [-0.1, -0.05) is 48.5 Å². The van der Waals surface area contributed by atoms with Crippen LogP contribution in [0.1, 0.15) is 42.1 Å². The van der Waals surface area contributed by atoms with Gasteiger partial charge in [-0.25, -0.2) is 14.8 Å². The van der Waals surface area contributed by atoms with Crippen LogP contribution in [0.4, 0.5) is 11.5 Å². The second kappa shape index (κ2) is 12.8. The maximum absolute atomic E-state index is 12.6. The van der Waals surface area contributed by atoms with Gasteiger partial charge in [0, 0.05) is 28.4 Å². The molecule has 10 heteroatoms. The first-order valence-electron chi connectivity index (χ1n) is 13.7. The zero-order chi connectivity index (χ0) is 27.3. The summed E-state index contributed by atoms with van der Waals surface area (Å²) in [6.07, 6.45) is 4.95. The van der Waals surface area contributed by atoms with Crippen LogP contribution in [0, 0.1) is 0 Å². The number of imidazole rings is 1. The van der Waals surface area contributed by atoms with Crippen molar-refractivity contribution in [1.82, 2.24) is 14.5 Å². The number of fused-ring (bicyclic) bond motifs is 5. The van der Waals surface area contributed by atoms with E-state index in [1.54, 1.807) is 12.3 Å². The third kappa shape index (κ3) is 5.50. The van der Waals surface area contributed by atoms with E-state index in [-0.39, 0.29) is 48.7 Å². The molecule has 3 N–H and O–H groups in total. The molecule has 5 aromatic rings. The third-order valence-electron chi connectivity index (χ3n) is 7.95. The van der Waals surface area contributed by atoms with E-state index in [1.165, 1.54) is 0 Å². The monoisotopic (exact) mass is 635 g/mol. The molecule has 43 heavy (non-hydrogen) atoms. The van der Waals surface area contributed by atoms with Crippen molar-refractivity contribution in [2.75, 3.05) is 11.9 Å². The first-order valence-corrected chi connectivity index (χ1v) is 13.7. The largest absolute Gasteiger partial charge is 0.462 e. The molecular formula is C33H32Cl3N5O2. The van der Waals surface area contributed by atoms with Gasteiger partial charge in [-0.15, -0.1) is 37.2 Å². The second-order valence-electron chi connectivity index (χ2n) is 10.4. The van der Waals surface area contributed by atoms with Crippen molar-refractivity contribution in [1.29, 1.82) is 0 Å². The smallest absolute Gasteiger partial charge is 0.338 e. The molecule has 1 saturated carbocycles. The van der Waals surface area contributed by atoms with Gasteiger partial charge in [-0.3, -0.25) is 4.57 Å². The minimum absolute atomic E-state index is 0. The summed E-state index contributed by atoms with van der Waals surface area (Å²) in [6.45, 7) is 2.12. The topological polar surface area (TPSA) is 95.1 Å². The van der Waals surface area contributed by atoms with E-state index in [1.807, 2.05) is 55.5 Å². The molecule has 7 nitrogen and oxygen atoms in total. The molecule has 0 saturated heterocycles. The lowest BCUT2D eigenvalue weighted by Crippen LogP contribution is -2.43. The molecule has 2 aromatic heterocycles. The number of nitrogens with one attached hydrogen (secondary N) is 1. The predicted octanol–water partition coefficient (Wildman–Crippen LogP) is 8.11. The summed E-state index contributed by atoms with van der Waals surface area (Å²) in [6, 6.07) is 28.1. The van der Waals surface area contributed by atoms with E-state index >= 15 is 0 Å². The Morgan fingerprint density at radius 1 is 0.953 bits per heavy atom. The van der Waals surface area contributed by atoms with Gasteiger partial charge in [0.15, 0.2) is 5.82 Å². The molecule has 2 aliphatic rings. The van der Waals surface area contributed by atoms with Crippen molar-refractivity contribution in [2.24, 2.45) is 5.73 Å². The number of aromatic nitrogens is 3. The van der Waals surface area contributed by atoms with Crippen molar-refractivity contribution in [2.45, 2.75) is 31.7 Å². The minimum Gasteiger partial charge on any atom is -0.462 e. The Morgan fingerprint density at radius 3 is 2.44 bits per heavy atom. The molecule has 222 valence electrons. The molecule has 0 unspecified atom stereocenters. The molecule has 0 amide bonds. The zero-order valence-electron chi connectivity index (χ0n) is 23.4. The fraction of sp³-hybridized carbons (Fsp3) is 0.182. The van der Waals surface area contributed by atoms with Gasteiger partial charge < -0.3 is 15.8 Å². The zero-order valence-corrected chi connectivity index (χ0v) is 25.9.